The normalized spacial score (nSPS) is 15.3. The van der Waals surface area contributed by atoms with Crippen molar-refractivity contribution < 1.29 is 9.18 Å². The Bertz CT molecular complexity index is 1340. The van der Waals surface area contributed by atoms with Crippen LogP contribution < -0.4 is 10.9 Å². The lowest BCUT2D eigenvalue weighted by molar-refractivity contribution is 0.0933. The average molecular weight is 419 g/mol. The molecule has 0 saturated heterocycles. The van der Waals surface area contributed by atoms with Crippen molar-refractivity contribution in [2.24, 2.45) is 0 Å². The zero-order valence-corrected chi connectivity index (χ0v) is 16.9. The van der Waals surface area contributed by atoms with Crippen molar-refractivity contribution in [3.8, 4) is 11.3 Å². The van der Waals surface area contributed by atoms with Gasteiger partial charge in [0, 0.05) is 17.2 Å². The number of fused-ring (bicyclic) bond motifs is 3. The highest BCUT2D eigenvalue weighted by molar-refractivity contribution is 5.98. The lowest BCUT2D eigenvalue weighted by Gasteiger charge is -2.16. The number of carbonyl (C=O) groups is 1. The summed E-state index contributed by atoms with van der Waals surface area (Å²) in [6, 6.07) is 11.1. The number of halogens is 1. The van der Waals surface area contributed by atoms with Gasteiger partial charge in [0.25, 0.3) is 11.5 Å². The minimum absolute atomic E-state index is 0.156. The van der Waals surface area contributed by atoms with Gasteiger partial charge in [-0.1, -0.05) is 37.8 Å². The fourth-order valence-corrected chi connectivity index (χ4v) is 4.29. The number of aromatic amines is 1. The zero-order chi connectivity index (χ0) is 21.4. The third kappa shape index (κ3) is 3.69. The summed E-state index contributed by atoms with van der Waals surface area (Å²) < 4.78 is 15.2. The van der Waals surface area contributed by atoms with Crippen LogP contribution in [0.4, 0.5) is 4.39 Å². The Morgan fingerprint density at radius 3 is 2.68 bits per heavy atom. The number of benzene rings is 2. The van der Waals surface area contributed by atoms with Crippen LogP contribution in [-0.2, 0) is 0 Å². The van der Waals surface area contributed by atoms with E-state index in [2.05, 4.69) is 20.6 Å². The second-order valence-electron chi connectivity index (χ2n) is 8.04. The van der Waals surface area contributed by atoms with Crippen LogP contribution in [0.3, 0.4) is 0 Å². The lowest BCUT2D eigenvalue weighted by Crippen LogP contribution is -2.34. The Hall–Kier alpha value is -3.55. The molecule has 1 amide bonds. The second-order valence-corrected chi connectivity index (χ2v) is 8.04. The van der Waals surface area contributed by atoms with Gasteiger partial charge in [-0.2, -0.15) is 10.1 Å². The molecule has 2 aromatic heterocycles. The molecular weight excluding hydrogens is 397 g/mol. The van der Waals surface area contributed by atoms with Crippen molar-refractivity contribution >= 4 is 22.5 Å². The maximum Gasteiger partial charge on any atom is 0.281 e. The van der Waals surface area contributed by atoms with E-state index in [4.69, 9.17) is 0 Å². The van der Waals surface area contributed by atoms with Gasteiger partial charge in [-0.3, -0.25) is 9.59 Å². The van der Waals surface area contributed by atoms with E-state index in [0.29, 0.717) is 27.7 Å². The molecule has 158 valence electrons. The summed E-state index contributed by atoms with van der Waals surface area (Å²) in [7, 11) is 0. The first-order valence-corrected chi connectivity index (χ1v) is 10.6. The predicted molar refractivity (Wildman–Crippen MR) is 115 cm³/mol. The molecule has 0 bridgehead atoms. The fraction of sp³-hybridized carbons (Fsp3) is 0.304. The maximum absolute atomic E-state index is 13.7. The van der Waals surface area contributed by atoms with Gasteiger partial charge in [0.05, 0.1) is 10.9 Å². The molecule has 7 nitrogen and oxygen atoms in total. The average Bonchev–Trinajstić information content (AvgIpc) is 3.02. The summed E-state index contributed by atoms with van der Waals surface area (Å²) >= 11 is 0. The Morgan fingerprint density at radius 1 is 1.10 bits per heavy atom. The fourth-order valence-electron chi connectivity index (χ4n) is 4.29. The van der Waals surface area contributed by atoms with Crippen LogP contribution in [0.25, 0.3) is 27.8 Å². The number of hydrogen-bond donors (Lipinski definition) is 2. The number of hydrogen-bond acceptors (Lipinski definition) is 4. The Balaban J connectivity index is 1.56. The van der Waals surface area contributed by atoms with Gasteiger partial charge in [0.15, 0.2) is 5.65 Å². The van der Waals surface area contributed by atoms with E-state index in [-0.39, 0.29) is 17.6 Å². The van der Waals surface area contributed by atoms with Crippen molar-refractivity contribution in [2.45, 2.75) is 44.6 Å². The molecule has 0 spiro atoms. The third-order valence-corrected chi connectivity index (χ3v) is 5.91. The molecular formula is C23H22FN5O2. The van der Waals surface area contributed by atoms with Crippen LogP contribution in [0.5, 0.6) is 0 Å². The summed E-state index contributed by atoms with van der Waals surface area (Å²) in [6.07, 6.45) is 6.66. The van der Waals surface area contributed by atoms with Crippen LogP contribution >= 0.6 is 0 Å². The van der Waals surface area contributed by atoms with Crippen LogP contribution in [0.2, 0.25) is 0 Å². The Labute approximate surface area is 177 Å². The van der Waals surface area contributed by atoms with Crippen molar-refractivity contribution in [3.63, 3.8) is 0 Å². The van der Waals surface area contributed by atoms with Gasteiger partial charge in [-0.05, 0) is 43.2 Å². The number of nitrogens with zero attached hydrogens (tertiary/aromatic N) is 3. The molecule has 4 aromatic rings. The molecule has 5 rings (SSSR count). The highest BCUT2D eigenvalue weighted by Crippen LogP contribution is 2.24. The van der Waals surface area contributed by atoms with Crippen LogP contribution in [0.1, 0.15) is 48.9 Å². The molecule has 2 aromatic carbocycles. The first-order valence-electron chi connectivity index (χ1n) is 10.6. The molecule has 0 radical (unpaired) electrons. The summed E-state index contributed by atoms with van der Waals surface area (Å²) in [4.78, 5) is 29.6. The highest BCUT2D eigenvalue weighted by atomic mass is 19.1. The number of rotatable bonds is 3. The summed E-state index contributed by atoms with van der Waals surface area (Å²) in [5.74, 6) is -0.559. The van der Waals surface area contributed by atoms with E-state index in [0.717, 1.165) is 25.7 Å². The van der Waals surface area contributed by atoms with Gasteiger partial charge in [0.2, 0.25) is 0 Å². The number of aromatic nitrogens is 4. The molecule has 2 N–H and O–H groups in total. The van der Waals surface area contributed by atoms with E-state index >= 15 is 0 Å². The lowest BCUT2D eigenvalue weighted by atomic mass is 10.1. The minimum atomic E-state index is -0.426. The topological polar surface area (TPSA) is 92.2 Å². The quantitative estimate of drug-likeness (QED) is 0.494. The summed E-state index contributed by atoms with van der Waals surface area (Å²) in [5, 5.41) is 10.6. The molecule has 31 heavy (non-hydrogen) atoms. The van der Waals surface area contributed by atoms with Gasteiger partial charge >= 0.3 is 0 Å². The first-order chi connectivity index (χ1) is 15.1. The van der Waals surface area contributed by atoms with Gasteiger partial charge in [-0.25, -0.2) is 14.1 Å². The molecule has 8 heteroatoms. The zero-order valence-electron chi connectivity index (χ0n) is 16.9. The van der Waals surface area contributed by atoms with E-state index in [1.807, 2.05) is 0 Å². The van der Waals surface area contributed by atoms with Gasteiger partial charge in [-0.15, -0.1) is 0 Å². The summed E-state index contributed by atoms with van der Waals surface area (Å²) in [5.41, 5.74) is 1.70. The van der Waals surface area contributed by atoms with Gasteiger partial charge < -0.3 is 5.32 Å². The highest BCUT2D eigenvalue weighted by Gasteiger charge is 2.18. The first kappa shape index (κ1) is 19.4. The number of H-pyrrole nitrogens is 1. The van der Waals surface area contributed by atoms with E-state index < -0.39 is 11.4 Å². The number of carbonyl (C=O) groups excluding carboxylic acids is 1. The maximum atomic E-state index is 13.7. The smallest absolute Gasteiger partial charge is 0.281 e. The number of amides is 1. The molecule has 1 aliphatic carbocycles. The molecule has 0 atom stereocenters. The largest absolute Gasteiger partial charge is 0.349 e. The number of nitrogens with one attached hydrogen (secondary N) is 2. The molecule has 1 fully saturated rings. The van der Waals surface area contributed by atoms with Crippen molar-refractivity contribution in [1.29, 1.82) is 0 Å². The van der Waals surface area contributed by atoms with Crippen LogP contribution in [0.15, 0.2) is 47.3 Å². The van der Waals surface area contributed by atoms with Crippen LogP contribution in [-0.4, -0.2) is 31.8 Å². The van der Waals surface area contributed by atoms with Crippen molar-refractivity contribution in [1.82, 2.24) is 25.1 Å². The second kappa shape index (κ2) is 7.94. The molecule has 0 aliphatic heterocycles. The Morgan fingerprint density at radius 2 is 1.90 bits per heavy atom. The van der Waals surface area contributed by atoms with Crippen LogP contribution in [0, 0.1) is 5.82 Å². The van der Waals surface area contributed by atoms with E-state index in [1.54, 1.807) is 34.8 Å². The third-order valence-electron chi connectivity index (χ3n) is 5.91. The van der Waals surface area contributed by atoms with Crippen molar-refractivity contribution in [2.75, 3.05) is 0 Å². The van der Waals surface area contributed by atoms with E-state index in [9.17, 15) is 14.0 Å². The molecule has 0 unspecified atom stereocenters. The summed E-state index contributed by atoms with van der Waals surface area (Å²) in [6.45, 7) is 0. The molecule has 1 aliphatic rings. The molecule has 1 saturated carbocycles. The van der Waals surface area contributed by atoms with E-state index in [1.165, 1.54) is 25.0 Å². The minimum Gasteiger partial charge on any atom is -0.349 e. The Kier molecular flexibility index (Phi) is 4.97. The van der Waals surface area contributed by atoms with Gasteiger partial charge in [0.1, 0.15) is 11.5 Å². The standard InChI is InChI=1S/C23H22FN5O2/c24-16-7-5-6-14(12-16)20-21-26-23(31)18-11-10-15(13-19(18)29(21)28-27-20)22(30)25-17-8-3-1-2-4-9-17/h5-7,10-13,17,28H,1-4,8-9H2,(H,25,30). The monoisotopic (exact) mass is 419 g/mol. The predicted octanol–water partition coefficient (Wildman–Crippen LogP) is 3.83. The molecule has 2 heterocycles. The SMILES string of the molecule is O=C(NC1CCCCCC1)c1ccc2c(=O)nc3c(-c4cccc(F)c4)n[nH]n3c2c1. The van der Waals surface area contributed by atoms with Crippen molar-refractivity contribution in [3.05, 3.63) is 64.2 Å².